The molecule has 0 saturated carbocycles. The summed E-state index contributed by atoms with van der Waals surface area (Å²) in [4.78, 5) is 30.2. The zero-order chi connectivity index (χ0) is 15.8. The molecular formula is C16H15N3O3. The molecule has 1 aromatic carbocycles. The topological polar surface area (TPSA) is 73.6 Å². The first-order valence-electron chi connectivity index (χ1n) is 6.75. The van der Waals surface area contributed by atoms with Gasteiger partial charge in [-0.2, -0.15) is 0 Å². The van der Waals surface area contributed by atoms with Crippen molar-refractivity contribution in [3.8, 4) is 0 Å². The maximum Gasteiger partial charge on any atom is 0.351 e. The van der Waals surface area contributed by atoms with E-state index in [4.69, 9.17) is 4.74 Å². The summed E-state index contributed by atoms with van der Waals surface area (Å²) in [5.74, 6) is 1.16. The summed E-state index contributed by atoms with van der Waals surface area (Å²) in [6.45, 7) is 2.50. The molecule has 2 rings (SSSR count). The molecule has 0 bridgehead atoms. The zero-order valence-corrected chi connectivity index (χ0v) is 12.1. The van der Waals surface area contributed by atoms with Crippen molar-refractivity contribution in [3.05, 3.63) is 54.0 Å². The number of benzene rings is 1. The first-order valence-corrected chi connectivity index (χ1v) is 6.75. The van der Waals surface area contributed by atoms with E-state index >= 15 is 0 Å². The average molecular weight is 297 g/mol. The third kappa shape index (κ3) is 4.26. The van der Waals surface area contributed by atoms with E-state index < -0.39 is 5.97 Å². The molecule has 0 aliphatic carbocycles. The first kappa shape index (κ1) is 15.4. The smallest absolute Gasteiger partial charge is 0.351 e. The molecule has 6 heteroatoms. The van der Waals surface area contributed by atoms with Crippen LogP contribution < -0.4 is 0 Å². The van der Waals surface area contributed by atoms with Gasteiger partial charge in [-0.25, -0.2) is 19.6 Å². The Morgan fingerprint density at radius 2 is 2.18 bits per heavy atom. The summed E-state index contributed by atoms with van der Waals surface area (Å²) < 4.78 is 6.57. The van der Waals surface area contributed by atoms with E-state index in [1.807, 2.05) is 34.9 Å². The van der Waals surface area contributed by atoms with E-state index in [9.17, 15) is 9.59 Å². The van der Waals surface area contributed by atoms with Crippen molar-refractivity contribution < 1.29 is 14.3 Å². The summed E-state index contributed by atoms with van der Waals surface area (Å²) >= 11 is 0. The highest BCUT2D eigenvalue weighted by Crippen LogP contribution is 2.10. The highest BCUT2D eigenvalue weighted by atomic mass is 16.5. The van der Waals surface area contributed by atoms with Crippen molar-refractivity contribution >= 4 is 23.9 Å². The van der Waals surface area contributed by atoms with Gasteiger partial charge in [-0.1, -0.05) is 30.3 Å². The van der Waals surface area contributed by atoms with E-state index in [1.165, 1.54) is 5.94 Å². The number of hydrogen-bond acceptors (Lipinski definition) is 5. The van der Waals surface area contributed by atoms with Crippen LogP contribution in [0.15, 0.2) is 53.4 Å². The lowest BCUT2D eigenvalue weighted by atomic mass is 10.2. The Kier molecular flexibility index (Phi) is 5.40. The van der Waals surface area contributed by atoms with Crippen molar-refractivity contribution in [2.75, 3.05) is 6.61 Å². The molecule has 0 aliphatic heterocycles. The van der Waals surface area contributed by atoms with Gasteiger partial charge in [0.2, 0.25) is 0 Å². The molecule has 0 N–H and O–H groups in total. The van der Waals surface area contributed by atoms with Crippen molar-refractivity contribution in [1.29, 1.82) is 0 Å². The predicted molar refractivity (Wildman–Crippen MR) is 81.8 cm³/mol. The summed E-state index contributed by atoms with van der Waals surface area (Å²) in [5, 5.41) is 0. The number of imidazole rings is 1. The molecule has 0 aliphatic rings. The molecule has 112 valence electrons. The zero-order valence-electron chi connectivity index (χ0n) is 12.1. The van der Waals surface area contributed by atoms with E-state index in [0.717, 1.165) is 11.8 Å². The van der Waals surface area contributed by atoms with Crippen molar-refractivity contribution in [2.45, 2.75) is 13.5 Å². The van der Waals surface area contributed by atoms with Gasteiger partial charge in [0.05, 0.1) is 25.3 Å². The maximum atomic E-state index is 11.4. The monoisotopic (exact) mass is 297 g/mol. The number of rotatable bonds is 6. The van der Waals surface area contributed by atoms with Gasteiger partial charge in [0.25, 0.3) is 0 Å². The Bertz CT molecular complexity index is 713. The molecule has 1 aromatic heterocycles. The number of aliphatic imine (C=N–C) groups is 1. The van der Waals surface area contributed by atoms with Gasteiger partial charge in [0, 0.05) is 6.54 Å². The first-order chi connectivity index (χ1) is 10.7. The molecule has 0 spiro atoms. The lowest BCUT2D eigenvalue weighted by Crippen LogP contribution is -2.09. The minimum Gasteiger partial charge on any atom is -0.462 e. The van der Waals surface area contributed by atoms with Gasteiger partial charge in [-0.05, 0) is 12.5 Å². The van der Waals surface area contributed by atoms with Crippen LogP contribution in [0.4, 0.5) is 5.82 Å². The van der Waals surface area contributed by atoms with Gasteiger partial charge >= 0.3 is 5.97 Å². The quantitative estimate of drug-likeness (QED) is 0.353. The lowest BCUT2D eigenvalue weighted by molar-refractivity contribution is -0.137. The fraction of sp³-hybridized carbons (Fsp3) is 0.188. The minimum atomic E-state index is -0.745. The molecule has 0 radical (unpaired) electrons. The predicted octanol–water partition coefficient (Wildman–Crippen LogP) is 1.95. The average Bonchev–Trinajstić information content (AvgIpc) is 2.97. The van der Waals surface area contributed by atoms with Crippen LogP contribution in [0.5, 0.6) is 0 Å². The van der Waals surface area contributed by atoms with Crippen molar-refractivity contribution in [2.24, 2.45) is 4.99 Å². The normalized spacial score (nSPS) is 10.4. The van der Waals surface area contributed by atoms with Crippen molar-refractivity contribution in [3.63, 3.8) is 0 Å². The number of nitrogens with zero attached hydrogens (tertiary/aromatic N) is 3. The highest BCUT2D eigenvalue weighted by Gasteiger charge is 2.09. The highest BCUT2D eigenvalue weighted by molar-refractivity contribution is 6.16. The van der Waals surface area contributed by atoms with Gasteiger partial charge in [0.15, 0.2) is 11.4 Å². The van der Waals surface area contributed by atoms with Crippen LogP contribution in [0.2, 0.25) is 0 Å². The van der Waals surface area contributed by atoms with Crippen molar-refractivity contribution in [1.82, 2.24) is 9.55 Å². The Balaban J connectivity index is 2.04. The van der Waals surface area contributed by atoms with Crippen LogP contribution in [0, 0.1) is 0 Å². The van der Waals surface area contributed by atoms with E-state index in [0.29, 0.717) is 12.4 Å². The summed E-state index contributed by atoms with van der Waals surface area (Å²) in [7, 11) is 0. The number of hydrogen-bond donors (Lipinski definition) is 0. The summed E-state index contributed by atoms with van der Waals surface area (Å²) in [6.07, 6.45) is 4.46. The Morgan fingerprint density at radius 1 is 1.41 bits per heavy atom. The van der Waals surface area contributed by atoms with E-state index in [2.05, 4.69) is 9.98 Å². The fourth-order valence-corrected chi connectivity index (χ4v) is 1.76. The second kappa shape index (κ2) is 7.71. The van der Waals surface area contributed by atoms with Gasteiger partial charge in [-0.3, -0.25) is 0 Å². The van der Waals surface area contributed by atoms with E-state index in [1.54, 1.807) is 19.4 Å². The summed E-state index contributed by atoms with van der Waals surface area (Å²) in [6, 6.07) is 9.90. The Morgan fingerprint density at radius 3 is 2.86 bits per heavy atom. The molecule has 22 heavy (non-hydrogen) atoms. The molecular weight excluding hydrogens is 282 g/mol. The molecule has 2 aromatic rings. The van der Waals surface area contributed by atoms with Crippen LogP contribution in [-0.4, -0.2) is 34.3 Å². The third-order valence-corrected chi connectivity index (χ3v) is 2.76. The molecule has 0 amide bonds. The van der Waals surface area contributed by atoms with Crippen LogP contribution >= 0.6 is 0 Å². The molecule has 0 saturated heterocycles. The SMILES string of the molecule is CCOC(=O)C(=C=O)/C=N/c1cn(Cc2ccccc2)cn1. The second-order valence-electron chi connectivity index (χ2n) is 4.38. The number of aromatic nitrogens is 2. The molecule has 0 fully saturated rings. The minimum absolute atomic E-state index is 0.184. The number of ether oxygens (including phenoxy) is 1. The maximum absolute atomic E-state index is 11.4. The molecule has 0 unspecified atom stereocenters. The fourth-order valence-electron chi connectivity index (χ4n) is 1.76. The van der Waals surface area contributed by atoms with Crippen LogP contribution in [0.25, 0.3) is 0 Å². The molecule has 1 heterocycles. The number of carbonyl (C=O) groups is 1. The van der Waals surface area contributed by atoms with Crippen LogP contribution in [0.3, 0.4) is 0 Å². The Hall–Kier alpha value is -2.98. The largest absolute Gasteiger partial charge is 0.462 e. The number of carbonyl (C=O) groups excluding carboxylic acids is 2. The Labute approximate surface area is 127 Å². The number of esters is 1. The van der Waals surface area contributed by atoms with Gasteiger partial charge < -0.3 is 9.30 Å². The lowest BCUT2D eigenvalue weighted by Gasteiger charge is -2.00. The standard InChI is InChI=1S/C16H15N3O3/c1-2-22-16(21)14(11-20)8-17-15-10-19(12-18-15)9-13-6-4-3-5-7-13/h3-8,10,12H,2,9H2,1H3/b17-8+. The van der Waals surface area contributed by atoms with Gasteiger partial charge in [-0.15, -0.1) is 0 Å². The molecule has 6 nitrogen and oxygen atoms in total. The van der Waals surface area contributed by atoms with Crippen LogP contribution in [0.1, 0.15) is 12.5 Å². The summed E-state index contributed by atoms with van der Waals surface area (Å²) in [5.41, 5.74) is 0.870. The van der Waals surface area contributed by atoms with E-state index in [-0.39, 0.29) is 12.2 Å². The van der Waals surface area contributed by atoms with Gasteiger partial charge in [0.1, 0.15) is 5.94 Å². The third-order valence-electron chi connectivity index (χ3n) is 2.76. The second-order valence-corrected chi connectivity index (χ2v) is 4.38. The molecule has 0 atom stereocenters. The van der Waals surface area contributed by atoms with Crippen LogP contribution in [-0.2, 0) is 20.9 Å².